The maximum atomic E-state index is 6.77. The molecule has 0 fully saturated rings. The van der Waals surface area contributed by atoms with Crippen LogP contribution < -0.4 is 9.80 Å². The second kappa shape index (κ2) is 14.2. The first-order valence-corrected chi connectivity index (χ1v) is 21.8. The molecule has 10 aromatic carbocycles. The minimum atomic E-state index is 0.0268. The van der Waals surface area contributed by atoms with E-state index in [0.29, 0.717) is 0 Å². The van der Waals surface area contributed by atoms with Gasteiger partial charge in [0, 0.05) is 57.1 Å². The molecule has 1 aromatic heterocycles. The van der Waals surface area contributed by atoms with Crippen LogP contribution in [0.2, 0.25) is 0 Å². The molecular formula is C60H40N2O. The molecular weight excluding hydrogens is 765 g/mol. The summed E-state index contributed by atoms with van der Waals surface area (Å²) in [6.45, 7) is 0. The van der Waals surface area contributed by atoms with E-state index in [1.54, 1.807) is 0 Å². The van der Waals surface area contributed by atoms with Gasteiger partial charge in [0.2, 0.25) is 0 Å². The zero-order chi connectivity index (χ0) is 41.4. The summed E-state index contributed by atoms with van der Waals surface area (Å²) in [7, 11) is 0. The van der Waals surface area contributed by atoms with Crippen LogP contribution in [0.4, 0.5) is 22.7 Å². The van der Waals surface area contributed by atoms with Crippen molar-refractivity contribution in [3.63, 3.8) is 0 Å². The molecule has 1 aliphatic heterocycles. The van der Waals surface area contributed by atoms with Crippen molar-refractivity contribution >= 4 is 82.6 Å². The van der Waals surface area contributed by atoms with Gasteiger partial charge < -0.3 is 14.2 Å². The van der Waals surface area contributed by atoms with Gasteiger partial charge in [0.1, 0.15) is 11.2 Å². The van der Waals surface area contributed by atoms with Crippen molar-refractivity contribution in [3.05, 3.63) is 236 Å². The Hall–Kier alpha value is -8.14. The van der Waals surface area contributed by atoms with Crippen molar-refractivity contribution in [2.45, 2.75) is 12.5 Å². The summed E-state index contributed by atoms with van der Waals surface area (Å²) in [6, 6.07) is 77.0. The fraction of sp³-hybridized carbons (Fsp3) is 0.0333. The molecule has 0 saturated carbocycles. The first-order chi connectivity index (χ1) is 31.3. The Morgan fingerprint density at radius 3 is 1.67 bits per heavy atom. The average molecular weight is 805 g/mol. The first kappa shape index (κ1) is 35.6. The number of hydrogen-bond acceptors (Lipinski definition) is 3. The average Bonchev–Trinajstić information content (AvgIpc) is 3.89. The second-order valence-corrected chi connectivity index (χ2v) is 16.8. The van der Waals surface area contributed by atoms with Crippen molar-refractivity contribution in [1.29, 1.82) is 0 Å². The number of para-hydroxylation sites is 3. The molecule has 296 valence electrons. The molecule has 1 atom stereocenters. The molecule has 0 N–H and O–H groups in total. The van der Waals surface area contributed by atoms with E-state index in [-0.39, 0.29) is 6.04 Å². The van der Waals surface area contributed by atoms with Gasteiger partial charge in [-0.3, -0.25) is 0 Å². The van der Waals surface area contributed by atoms with E-state index in [1.165, 1.54) is 71.4 Å². The molecule has 2 aliphatic rings. The van der Waals surface area contributed by atoms with Crippen LogP contribution >= 0.6 is 0 Å². The summed E-state index contributed by atoms with van der Waals surface area (Å²) < 4.78 is 6.77. The first-order valence-electron chi connectivity index (χ1n) is 21.8. The third kappa shape index (κ3) is 5.60. The highest BCUT2D eigenvalue weighted by Crippen LogP contribution is 2.56. The maximum Gasteiger partial charge on any atom is 0.138 e. The van der Waals surface area contributed by atoms with Crippen molar-refractivity contribution in [3.8, 4) is 22.3 Å². The third-order valence-electron chi connectivity index (χ3n) is 13.3. The topological polar surface area (TPSA) is 19.6 Å². The molecule has 0 radical (unpaired) electrons. The van der Waals surface area contributed by atoms with Gasteiger partial charge in [-0.05, 0) is 103 Å². The molecule has 1 unspecified atom stereocenters. The van der Waals surface area contributed by atoms with Crippen LogP contribution in [0.1, 0.15) is 12.0 Å². The standard InChI is InChI=1S/C60H40N2O/c1-4-16-39(17-5-1)40-28-30-41(31-29-40)58-59-51-35-33-45(37-54(51)62(43-20-8-3-9-21-43)55(59)38-57-60(58)52-26-14-15-27-56(52)63-57)61(42-18-6-2-7-19-42)44-32-34-50-48-24-11-10-22-46(48)47-23-12-13-25-49(47)53(50)36-44/h1-36,38,54H,37H2. The molecule has 3 heteroatoms. The Morgan fingerprint density at radius 1 is 0.413 bits per heavy atom. The molecule has 0 saturated heterocycles. The van der Waals surface area contributed by atoms with E-state index in [2.05, 4.69) is 234 Å². The molecule has 3 nitrogen and oxygen atoms in total. The lowest BCUT2D eigenvalue weighted by Gasteiger charge is -2.35. The Bertz CT molecular complexity index is 3610. The number of fused-ring (bicyclic) bond motifs is 12. The van der Waals surface area contributed by atoms with E-state index >= 15 is 0 Å². The lowest BCUT2D eigenvalue weighted by Crippen LogP contribution is -2.31. The normalized spacial score (nSPS) is 14.6. The Labute approximate surface area is 365 Å². The molecule has 2 heterocycles. The molecule has 0 bridgehead atoms. The molecule has 63 heavy (non-hydrogen) atoms. The monoisotopic (exact) mass is 804 g/mol. The summed E-state index contributed by atoms with van der Waals surface area (Å²) in [4.78, 5) is 5.04. The third-order valence-corrected chi connectivity index (χ3v) is 13.3. The van der Waals surface area contributed by atoms with Crippen molar-refractivity contribution in [2.75, 3.05) is 9.80 Å². The van der Waals surface area contributed by atoms with Crippen LogP contribution in [0.15, 0.2) is 235 Å². The van der Waals surface area contributed by atoms with Gasteiger partial charge >= 0.3 is 0 Å². The molecule has 1 aliphatic carbocycles. The van der Waals surface area contributed by atoms with Gasteiger partial charge in [-0.2, -0.15) is 0 Å². The SMILES string of the molecule is C1=C2c3c(cc4oc5ccccc5c4c3-c3ccc(-c4ccccc4)cc3)N(c3ccccc3)C2CC(N(c2ccccc2)c2ccc3c4ccccc4c4ccccc4c3c2)=C1. The zero-order valence-electron chi connectivity index (χ0n) is 34.4. The highest BCUT2D eigenvalue weighted by molar-refractivity contribution is 6.26. The second-order valence-electron chi connectivity index (χ2n) is 16.8. The van der Waals surface area contributed by atoms with Crippen molar-refractivity contribution in [1.82, 2.24) is 0 Å². The number of allylic oxidation sites excluding steroid dienone is 2. The van der Waals surface area contributed by atoms with Crippen LogP contribution in [0.5, 0.6) is 0 Å². The van der Waals surface area contributed by atoms with E-state index in [1.807, 2.05) is 0 Å². The summed E-state index contributed by atoms with van der Waals surface area (Å²) in [5, 5.41) is 9.92. The summed E-state index contributed by atoms with van der Waals surface area (Å²) in [5.41, 5.74) is 15.0. The van der Waals surface area contributed by atoms with Crippen LogP contribution in [-0.4, -0.2) is 6.04 Å². The number of furan rings is 1. The van der Waals surface area contributed by atoms with Crippen molar-refractivity contribution in [2.24, 2.45) is 0 Å². The Balaban J connectivity index is 1.04. The van der Waals surface area contributed by atoms with Gasteiger partial charge in [-0.15, -0.1) is 0 Å². The molecule has 0 spiro atoms. The van der Waals surface area contributed by atoms with Crippen LogP contribution in [0.25, 0.3) is 82.1 Å². The van der Waals surface area contributed by atoms with Gasteiger partial charge in [-0.1, -0.05) is 170 Å². The highest BCUT2D eigenvalue weighted by Gasteiger charge is 2.41. The number of benzene rings is 10. The van der Waals surface area contributed by atoms with Gasteiger partial charge in [0.15, 0.2) is 0 Å². The predicted molar refractivity (Wildman–Crippen MR) is 265 cm³/mol. The van der Waals surface area contributed by atoms with Crippen LogP contribution in [0.3, 0.4) is 0 Å². The number of rotatable bonds is 6. The predicted octanol–water partition coefficient (Wildman–Crippen LogP) is 16.4. The number of nitrogens with zero attached hydrogens (tertiary/aromatic N) is 2. The number of anilines is 4. The Morgan fingerprint density at radius 2 is 0.968 bits per heavy atom. The lowest BCUT2D eigenvalue weighted by molar-refractivity contribution is 0.669. The molecule has 0 amide bonds. The van der Waals surface area contributed by atoms with E-state index in [0.717, 1.165) is 51.1 Å². The molecule has 13 rings (SSSR count). The van der Waals surface area contributed by atoms with E-state index in [4.69, 9.17) is 4.42 Å². The highest BCUT2D eigenvalue weighted by atomic mass is 16.3. The summed E-state index contributed by atoms with van der Waals surface area (Å²) in [6.07, 6.45) is 5.57. The van der Waals surface area contributed by atoms with Crippen LogP contribution in [0, 0.1) is 0 Å². The quantitative estimate of drug-likeness (QED) is 0.156. The minimum absolute atomic E-state index is 0.0268. The molecule has 11 aromatic rings. The summed E-state index contributed by atoms with van der Waals surface area (Å²) >= 11 is 0. The lowest BCUT2D eigenvalue weighted by atomic mass is 9.86. The maximum absolute atomic E-state index is 6.77. The fourth-order valence-electron chi connectivity index (χ4n) is 10.6. The van der Waals surface area contributed by atoms with Crippen LogP contribution in [-0.2, 0) is 0 Å². The fourth-order valence-corrected chi connectivity index (χ4v) is 10.6. The Kier molecular flexibility index (Phi) is 8.04. The number of hydrogen-bond donors (Lipinski definition) is 0. The van der Waals surface area contributed by atoms with Crippen molar-refractivity contribution < 1.29 is 4.42 Å². The van der Waals surface area contributed by atoms with Gasteiger partial charge in [0.05, 0.1) is 11.7 Å². The smallest absolute Gasteiger partial charge is 0.138 e. The van der Waals surface area contributed by atoms with Gasteiger partial charge in [0.25, 0.3) is 0 Å². The largest absolute Gasteiger partial charge is 0.456 e. The van der Waals surface area contributed by atoms with Gasteiger partial charge in [-0.25, -0.2) is 0 Å². The zero-order valence-corrected chi connectivity index (χ0v) is 34.4. The summed E-state index contributed by atoms with van der Waals surface area (Å²) in [5.74, 6) is 0. The minimum Gasteiger partial charge on any atom is -0.456 e. The van der Waals surface area contributed by atoms with E-state index in [9.17, 15) is 0 Å². The van der Waals surface area contributed by atoms with E-state index < -0.39 is 0 Å².